The van der Waals surface area contributed by atoms with Gasteiger partial charge in [0.15, 0.2) is 6.23 Å². The standard InChI is InChI=1S/C9H10ClFN2O6/c10-3-1-13(8(18)12-6(3)17)7-4(15)5(16)9(11,2-14)19-7/h1,4-5,7,14-16H,2H2,(H,12,17,18)/t4-,5+,7-,9-/m1/s1. The summed E-state index contributed by atoms with van der Waals surface area (Å²) in [5, 5.41) is 27.5. The number of halogens is 2. The highest BCUT2D eigenvalue weighted by Gasteiger charge is 2.55. The van der Waals surface area contributed by atoms with E-state index < -0.39 is 42.1 Å². The molecule has 0 bridgehead atoms. The smallest absolute Gasteiger partial charge is 0.330 e. The number of hydrogen-bond donors (Lipinski definition) is 4. The van der Waals surface area contributed by atoms with Gasteiger partial charge in [-0.2, -0.15) is 0 Å². The first-order valence-electron chi connectivity index (χ1n) is 5.15. The van der Waals surface area contributed by atoms with Crippen LogP contribution in [-0.4, -0.2) is 49.5 Å². The van der Waals surface area contributed by atoms with Crippen LogP contribution in [0.4, 0.5) is 4.39 Å². The number of hydrogen-bond acceptors (Lipinski definition) is 6. The van der Waals surface area contributed by atoms with Gasteiger partial charge in [-0.3, -0.25) is 14.3 Å². The lowest BCUT2D eigenvalue weighted by atomic mass is 10.1. The topological polar surface area (TPSA) is 125 Å². The van der Waals surface area contributed by atoms with Gasteiger partial charge in [-0.1, -0.05) is 11.6 Å². The van der Waals surface area contributed by atoms with Gasteiger partial charge in [-0.15, -0.1) is 0 Å². The fraction of sp³-hybridized carbons (Fsp3) is 0.556. The van der Waals surface area contributed by atoms with Gasteiger partial charge in [-0.25, -0.2) is 9.18 Å². The van der Waals surface area contributed by atoms with Crippen molar-refractivity contribution in [2.45, 2.75) is 24.3 Å². The number of alkyl halides is 1. The second-order valence-electron chi connectivity index (χ2n) is 4.03. The highest BCUT2D eigenvalue weighted by molar-refractivity contribution is 6.30. The first-order valence-corrected chi connectivity index (χ1v) is 5.52. The molecule has 2 heterocycles. The maximum Gasteiger partial charge on any atom is 0.330 e. The zero-order chi connectivity index (χ0) is 14.4. The Morgan fingerprint density at radius 2 is 2.16 bits per heavy atom. The fourth-order valence-corrected chi connectivity index (χ4v) is 1.91. The number of nitrogens with one attached hydrogen (secondary N) is 1. The number of aromatic nitrogens is 2. The molecule has 0 radical (unpaired) electrons. The van der Waals surface area contributed by atoms with E-state index in [-0.39, 0.29) is 5.02 Å². The van der Waals surface area contributed by atoms with Crippen LogP contribution in [0.2, 0.25) is 5.02 Å². The Kier molecular flexibility index (Phi) is 3.49. The Balaban J connectivity index is 2.47. The van der Waals surface area contributed by atoms with E-state index in [0.717, 1.165) is 6.20 Å². The molecular weight excluding hydrogens is 287 g/mol. The Hall–Kier alpha value is -1.26. The molecule has 0 saturated carbocycles. The number of ether oxygens (including phenoxy) is 1. The molecule has 1 aromatic heterocycles. The van der Waals surface area contributed by atoms with Crippen LogP contribution in [0, 0.1) is 0 Å². The van der Waals surface area contributed by atoms with E-state index in [0.29, 0.717) is 4.57 Å². The summed E-state index contributed by atoms with van der Waals surface area (Å²) >= 11 is 5.51. The fourth-order valence-electron chi connectivity index (χ4n) is 1.75. The minimum absolute atomic E-state index is 0.384. The maximum atomic E-state index is 13.8. The van der Waals surface area contributed by atoms with Gasteiger partial charge >= 0.3 is 5.69 Å². The zero-order valence-electron chi connectivity index (χ0n) is 9.29. The minimum atomic E-state index is -2.91. The molecule has 4 N–H and O–H groups in total. The monoisotopic (exact) mass is 296 g/mol. The molecule has 1 aromatic rings. The summed E-state index contributed by atoms with van der Waals surface area (Å²) in [4.78, 5) is 24.4. The number of aliphatic hydroxyl groups is 3. The lowest BCUT2D eigenvalue weighted by Crippen LogP contribution is -2.42. The number of nitrogens with zero attached hydrogens (tertiary/aromatic N) is 1. The Morgan fingerprint density at radius 1 is 1.53 bits per heavy atom. The summed E-state index contributed by atoms with van der Waals surface area (Å²) in [6, 6.07) is 0. The number of rotatable bonds is 2. The van der Waals surface area contributed by atoms with Crippen LogP contribution < -0.4 is 11.2 Å². The van der Waals surface area contributed by atoms with Crippen LogP contribution in [0.3, 0.4) is 0 Å². The van der Waals surface area contributed by atoms with Crippen molar-refractivity contribution in [3.8, 4) is 0 Å². The van der Waals surface area contributed by atoms with Crippen molar-refractivity contribution in [1.82, 2.24) is 9.55 Å². The Bertz CT molecular complexity index is 603. The van der Waals surface area contributed by atoms with Crippen molar-refractivity contribution in [3.05, 3.63) is 32.1 Å². The van der Waals surface area contributed by atoms with Gasteiger partial charge in [-0.05, 0) is 0 Å². The predicted octanol–water partition coefficient (Wildman–Crippen LogP) is -1.90. The second-order valence-corrected chi connectivity index (χ2v) is 4.44. The summed E-state index contributed by atoms with van der Waals surface area (Å²) in [5.74, 6) is -2.91. The molecule has 1 fully saturated rings. The van der Waals surface area contributed by atoms with E-state index in [9.17, 15) is 24.2 Å². The summed E-state index contributed by atoms with van der Waals surface area (Å²) in [7, 11) is 0. The molecule has 0 aliphatic carbocycles. The maximum absolute atomic E-state index is 13.8. The van der Waals surface area contributed by atoms with Gasteiger partial charge in [0.1, 0.15) is 23.8 Å². The molecule has 1 aliphatic rings. The highest BCUT2D eigenvalue weighted by atomic mass is 35.5. The average molecular weight is 297 g/mol. The van der Waals surface area contributed by atoms with Crippen molar-refractivity contribution < 1.29 is 24.4 Å². The van der Waals surface area contributed by atoms with Crippen LogP contribution in [0.5, 0.6) is 0 Å². The Morgan fingerprint density at radius 3 is 2.68 bits per heavy atom. The molecule has 2 rings (SSSR count). The van der Waals surface area contributed by atoms with Crippen LogP contribution in [-0.2, 0) is 4.74 Å². The highest BCUT2D eigenvalue weighted by Crippen LogP contribution is 2.37. The average Bonchev–Trinajstić information content (AvgIpc) is 2.59. The van der Waals surface area contributed by atoms with Crippen LogP contribution in [0.1, 0.15) is 6.23 Å². The largest absolute Gasteiger partial charge is 0.390 e. The molecule has 19 heavy (non-hydrogen) atoms. The van der Waals surface area contributed by atoms with E-state index in [4.69, 9.17) is 16.7 Å². The summed E-state index contributed by atoms with van der Waals surface area (Å²) in [6.45, 7) is -1.21. The molecule has 1 aliphatic heterocycles. The molecular formula is C9H10ClFN2O6. The normalized spacial score (nSPS) is 34.7. The lowest BCUT2D eigenvalue weighted by molar-refractivity contribution is -0.207. The van der Waals surface area contributed by atoms with Gasteiger partial charge in [0, 0.05) is 6.20 Å². The number of aromatic amines is 1. The molecule has 106 valence electrons. The van der Waals surface area contributed by atoms with E-state index in [1.165, 1.54) is 0 Å². The third kappa shape index (κ3) is 2.19. The van der Waals surface area contributed by atoms with Crippen molar-refractivity contribution in [1.29, 1.82) is 0 Å². The molecule has 0 spiro atoms. The predicted molar refractivity (Wildman–Crippen MR) is 59.4 cm³/mol. The Labute approximate surface area is 109 Å². The lowest BCUT2D eigenvalue weighted by Gasteiger charge is -2.19. The van der Waals surface area contributed by atoms with Crippen molar-refractivity contribution in [2.24, 2.45) is 0 Å². The molecule has 0 amide bonds. The summed E-state index contributed by atoms with van der Waals surface area (Å²) in [6.07, 6.45) is -4.67. The molecule has 1 saturated heterocycles. The van der Waals surface area contributed by atoms with E-state index in [1.54, 1.807) is 0 Å². The van der Waals surface area contributed by atoms with Crippen molar-refractivity contribution >= 4 is 11.6 Å². The van der Waals surface area contributed by atoms with Crippen LogP contribution in [0.15, 0.2) is 15.8 Å². The van der Waals surface area contributed by atoms with Gasteiger partial charge in [0.25, 0.3) is 11.4 Å². The summed E-state index contributed by atoms with van der Waals surface area (Å²) < 4.78 is 19.1. The second kappa shape index (κ2) is 4.69. The third-order valence-corrected chi connectivity index (χ3v) is 3.06. The zero-order valence-corrected chi connectivity index (χ0v) is 10.0. The third-order valence-electron chi connectivity index (χ3n) is 2.79. The van der Waals surface area contributed by atoms with Gasteiger partial charge in [0.2, 0.25) is 0 Å². The van der Waals surface area contributed by atoms with E-state index >= 15 is 0 Å². The van der Waals surface area contributed by atoms with Crippen molar-refractivity contribution in [2.75, 3.05) is 6.61 Å². The van der Waals surface area contributed by atoms with E-state index in [2.05, 4.69) is 4.74 Å². The van der Waals surface area contributed by atoms with Gasteiger partial charge < -0.3 is 20.1 Å². The minimum Gasteiger partial charge on any atom is -0.390 e. The van der Waals surface area contributed by atoms with Crippen molar-refractivity contribution in [3.63, 3.8) is 0 Å². The molecule has 0 aromatic carbocycles. The molecule has 10 heteroatoms. The first kappa shape index (κ1) is 14.2. The van der Waals surface area contributed by atoms with Gasteiger partial charge in [0.05, 0.1) is 0 Å². The quantitative estimate of drug-likeness (QED) is 0.505. The molecule has 0 unspecified atom stereocenters. The van der Waals surface area contributed by atoms with Crippen LogP contribution >= 0.6 is 11.6 Å². The summed E-state index contributed by atoms with van der Waals surface area (Å²) in [5.41, 5.74) is -1.86. The van der Waals surface area contributed by atoms with Crippen LogP contribution in [0.25, 0.3) is 0 Å². The molecule has 4 atom stereocenters. The van der Waals surface area contributed by atoms with E-state index in [1.807, 2.05) is 4.98 Å². The SMILES string of the molecule is O=c1[nH]c(=O)n([C@@H]2O[C@](F)(CO)[C@@H](O)[C@H]2O)cc1Cl. The first-order chi connectivity index (χ1) is 8.80. The number of H-pyrrole nitrogens is 1. The molecule has 8 nitrogen and oxygen atoms in total. The number of aliphatic hydroxyl groups excluding tert-OH is 3.